The molecule has 1 fully saturated rings. The van der Waals surface area contributed by atoms with Crippen LogP contribution in [0.15, 0.2) is 29.0 Å². The zero-order valence-corrected chi connectivity index (χ0v) is 20.4. The average molecular weight is 466 g/mol. The van der Waals surface area contributed by atoms with Crippen LogP contribution < -0.4 is 4.74 Å². The molecule has 32 heavy (non-hydrogen) atoms. The van der Waals surface area contributed by atoms with Gasteiger partial charge in [-0.1, -0.05) is 61.3 Å². The third-order valence-electron chi connectivity index (χ3n) is 6.93. The fraction of sp³-hybridized carbons (Fsp3) is 0.520. The number of ether oxygens (including phenoxy) is 1. The Bertz CT molecular complexity index is 941. The maximum Gasteiger partial charge on any atom is 0.228 e. The summed E-state index contributed by atoms with van der Waals surface area (Å²) in [4.78, 5) is 16.5. The number of nitrogens with zero attached hydrogens (tertiary/aromatic N) is 1. The maximum atomic E-state index is 12.9. The lowest BCUT2D eigenvalue weighted by Crippen LogP contribution is -2.40. The molecule has 3 atom stereocenters. The number of allylic oxidation sites excluding steroid dienone is 4. The van der Waals surface area contributed by atoms with E-state index in [4.69, 9.17) is 21.2 Å². The summed E-state index contributed by atoms with van der Waals surface area (Å²) in [5.41, 5.74) is 2.65. The highest BCUT2D eigenvalue weighted by atomic mass is 35.5. The van der Waals surface area contributed by atoms with E-state index in [9.17, 15) is 14.3 Å². The first-order valence-electron chi connectivity index (χ1n) is 10.8. The van der Waals surface area contributed by atoms with Crippen molar-refractivity contribution in [3.05, 3.63) is 45.5 Å². The summed E-state index contributed by atoms with van der Waals surface area (Å²) >= 11 is 6.28. The molecule has 1 N–H and O–H groups in total. The highest BCUT2D eigenvalue weighted by molar-refractivity contribution is 6.33. The van der Waals surface area contributed by atoms with Gasteiger partial charge in [-0.15, -0.1) is 0 Å². The highest BCUT2D eigenvalue weighted by Crippen LogP contribution is 2.45. The van der Waals surface area contributed by atoms with Crippen molar-refractivity contribution in [2.24, 2.45) is 22.4 Å². The van der Waals surface area contributed by atoms with Crippen LogP contribution in [-0.2, 0) is 11.3 Å². The lowest BCUT2D eigenvalue weighted by Gasteiger charge is -2.43. The van der Waals surface area contributed by atoms with Crippen LogP contribution in [-0.4, -0.2) is 31.1 Å². The predicted molar refractivity (Wildman–Crippen MR) is 127 cm³/mol. The van der Waals surface area contributed by atoms with Crippen molar-refractivity contribution in [2.75, 3.05) is 14.0 Å². The first kappa shape index (κ1) is 25.9. The second-order valence-corrected chi connectivity index (χ2v) is 9.04. The Labute approximate surface area is 194 Å². The number of carbonyl (C=O) groups is 1. The first-order valence-corrected chi connectivity index (χ1v) is 11.1. The van der Waals surface area contributed by atoms with Gasteiger partial charge in [-0.05, 0) is 50.0 Å². The van der Waals surface area contributed by atoms with Gasteiger partial charge in [0.1, 0.15) is 18.6 Å². The van der Waals surface area contributed by atoms with Crippen LogP contribution in [0.5, 0.6) is 11.5 Å². The van der Waals surface area contributed by atoms with Gasteiger partial charge in [0, 0.05) is 11.5 Å². The van der Waals surface area contributed by atoms with E-state index in [1.165, 1.54) is 0 Å². The number of benzene rings is 1. The molecule has 1 aliphatic rings. The monoisotopic (exact) mass is 465 g/mol. The van der Waals surface area contributed by atoms with Crippen molar-refractivity contribution in [1.29, 1.82) is 0 Å². The molecule has 0 spiro atoms. The van der Waals surface area contributed by atoms with Gasteiger partial charge in [-0.25, -0.2) is 4.39 Å². The second kappa shape index (κ2) is 11.0. The number of aldehydes is 1. The number of rotatable bonds is 8. The zero-order chi connectivity index (χ0) is 24.1. The second-order valence-electron chi connectivity index (χ2n) is 8.66. The Kier molecular flexibility index (Phi) is 8.90. The van der Waals surface area contributed by atoms with E-state index in [1.807, 2.05) is 19.1 Å². The summed E-state index contributed by atoms with van der Waals surface area (Å²) in [6, 6.07) is 0. The van der Waals surface area contributed by atoms with Gasteiger partial charge in [0.15, 0.2) is 6.29 Å². The van der Waals surface area contributed by atoms with Gasteiger partial charge < -0.3 is 14.7 Å². The number of hydrogen-bond donors (Lipinski definition) is 1. The molecular formula is C25H33ClFNO4. The van der Waals surface area contributed by atoms with E-state index >= 15 is 0 Å². The number of phenols is 1. The van der Waals surface area contributed by atoms with E-state index in [0.717, 1.165) is 24.1 Å². The minimum absolute atomic E-state index is 0.0599. The minimum atomic E-state index is -1.09. The number of phenolic OH excluding ortho intramolecular Hbond substituents is 1. The molecule has 2 rings (SSSR count). The number of hydrogen-bond acceptors (Lipinski definition) is 5. The normalized spacial score (nSPS) is 25.4. The van der Waals surface area contributed by atoms with Crippen molar-refractivity contribution < 1.29 is 23.9 Å². The van der Waals surface area contributed by atoms with E-state index < -0.39 is 6.86 Å². The molecule has 0 amide bonds. The summed E-state index contributed by atoms with van der Waals surface area (Å²) in [5.74, 6) is 0.525. The summed E-state index contributed by atoms with van der Waals surface area (Å²) in [6.07, 6.45) is 8.88. The Hall–Kier alpha value is -2.34. The molecular weight excluding hydrogens is 433 g/mol. The molecule has 0 heterocycles. The molecule has 1 saturated carbocycles. The molecule has 1 aromatic carbocycles. The van der Waals surface area contributed by atoms with Gasteiger partial charge in [-0.3, -0.25) is 4.79 Å². The summed E-state index contributed by atoms with van der Waals surface area (Å²) in [7, 11) is 1.57. The Morgan fingerprint density at radius 3 is 2.69 bits per heavy atom. The van der Waals surface area contributed by atoms with Crippen molar-refractivity contribution in [3.63, 3.8) is 0 Å². The number of alkyl halides is 1. The van der Waals surface area contributed by atoms with Crippen LogP contribution in [0, 0.1) is 24.2 Å². The Balaban J connectivity index is 2.35. The van der Waals surface area contributed by atoms with Gasteiger partial charge in [0.2, 0.25) is 6.86 Å². The fourth-order valence-corrected chi connectivity index (χ4v) is 4.55. The Morgan fingerprint density at radius 1 is 1.41 bits per heavy atom. The van der Waals surface area contributed by atoms with Crippen LogP contribution in [0.3, 0.4) is 0 Å². The molecule has 1 aliphatic carbocycles. The zero-order valence-electron chi connectivity index (χ0n) is 19.7. The van der Waals surface area contributed by atoms with Crippen LogP contribution in [0.25, 0.3) is 0 Å². The first-order chi connectivity index (χ1) is 15.1. The van der Waals surface area contributed by atoms with Gasteiger partial charge >= 0.3 is 0 Å². The fourth-order valence-electron chi connectivity index (χ4n) is 4.28. The lowest BCUT2D eigenvalue weighted by molar-refractivity contribution is 0.112. The molecule has 0 aliphatic heterocycles. The highest BCUT2D eigenvalue weighted by Gasteiger charge is 2.41. The SMILES string of the molecule is CO/N=C1\CC[C@@H](C)[C@](C)(/C=C/C(C)=C/Cc2c(O)c(C=O)c(C)c(Cl)c2OCF)[C@H]1C. The summed E-state index contributed by atoms with van der Waals surface area (Å²) in [6.45, 7) is 9.09. The molecule has 0 unspecified atom stereocenters. The molecule has 5 nitrogen and oxygen atoms in total. The minimum Gasteiger partial charge on any atom is -0.507 e. The standard InChI is InChI=1S/C25H33ClFNO4/c1-15(11-12-25(5)16(2)8-10-21(18(25)4)28-31-6)7-9-19-23(30)20(13-29)17(3)22(26)24(19)32-14-27/h7,11-13,16,18,30H,8-10,14H2,1-6H3/b12-11+,15-7+,28-21+/t16-,18+,25+/m1/s1. The van der Waals surface area contributed by atoms with E-state index in [1.54, 1.807) is 14.0 Å². The quantitative estimate of drug-likeness (QED) is 0.267. The maximum absolute atomic E-state index is 12.9. The smallest absolute Gasteiger partial charge is 0.228 e. The van der Waals surface area contributed by atoms with E-state index in [0.29, 0.717) is 17.8 Å². The van der Waals surface area contributed by atoms with Gasteiger partial charge in [0.05, 0.1) is 16.3 Å². The van der Waals surface area contributed by atoms with Crippen molar-refractivity contribution in [3.8, 4) is 11.5 Å². The molecule has 0 bridgehead atoms. The van der Waals surface area contributed by atoms with E-state index in [2.05, 4.69) is 32.0 Å². The van der Waals surface area contributed by atoms with Crippen molar-refractivity contribution >= 4 is 23.6 Å². The van der Waals surface area contributed by atoms with Crippen LogP contribution >= 0.6 is 11.6 Å². The molecule has 0 saturated heterocycles. The van der Waals surface area contributed by atoms with Crippen LogP contribution in [0.1, 0.15) is 62.0 Å². The molecule has 1 aromatic rings. The average Bonchev–Trinajstić information content (AvgIpc) is 2.77. The van der Waals surface area contributed by atoms with Crippen molar-refractivity contribution in [2.45, 2.75) is 53.9 Å². The topological polar surface area (TPSA) is 68.1 Å². The van der Waals surface area contributed by atoms with Crippen LogP contribution in [0.4, 0.5) is 4.39 Å². The van der Waals surface area contributed by atoms with E-state index in [-0.39, 0.29) is 45.4 Å². The molecule has 176 valence electrons. The lowest BCUT2D eigenvalue weighted by atomic mass is 9.61. The molecule has 7 heteroatoms. The largest absolute Gasteiger partial charge is 0.507 e. The molecule has 0 aromatic heterocycles. The number of carbonyl (C=O) groups excluding carboxylic acids is 1. The number of halogens is 2. The van der Waals surface area contributed by atoms with Gasteiger partial charge in [-0.2, -0.15) is 0 Å². The number of aromatic hydroxyl groups is 1. The third-order valence-corrected chi connectivity index (χ3v) is 7.39. The van der Waals surface area contributed by atoms with Crippen LogP contribution in [0.2, 0.25) is 5.02 Å². The summed E-state index contributed by atoms with van der Waals surface area (Å²) in [5, 5.41) is 14.9. The van der Waals surface area contributed by atoms with Gasteiger partial charge in [0.25, 0.3) is 0 Å². The number of oxime groups is 1. The third kappa shape index (κ3) is 5.17. The Morgan fingerprint density at radius 2 is 2.09 bits per heavy atom. The van der Waals surface area contributed by atoms with Crippen molar-refractivity contribution in [1.82, 2.24) is 0 Å². The molecule has 0 radical (unpaired) electrons. The predicted octanol–water partition coefficient (Wildman–Crippen LogP) is 6.59. The summed E-state index contributed by atoms with van der Waals surface area (Å²) < 4.78 is 18.0.